The van der Waals surface area contributed by atoms with Crippen LogP contribution >= 0.6 is 0 Å². The second-order valence-electron chi connectivity index (χ2n) is 10.2. The Kier molecular flexibility index (Phi) is 10.2. The van der Waals surface area contributed by atoms with E-state index in [0.29, 0.717) is 13.1 Å². The minimum Gasteiger partial charge on any atom is -0.486 e. The molecule has 0 aliphatic carbocycles. The fourth-order valence-corrected chi connectivity index (χ4v) is 4.46. The fourth-order valence-electron chi connectivity index (χ4n) is 4.46. The summed E-state index contributed by atoms with van der Waals surface area (Å²) in [6.07, 6.45) is -7.07. The summed E-state index contributed by atoms with van der Waals surface area (Å²) in [6.45, 7) is 4.42. The van der Waals surface area contributed by atoms with Crippen LogP contribution in [0.1, 0.15) is 53.0 Å². The van der Waals surface area contributed by atoms with Crippen LogP contribution in [0.15, 0.2) is 42.5 Å². The van der Waals surface area contributed by atoms with Crippen molar-refractivity contribution in [3.05, 3.63) is 59.2 Å². The molecule has 2 aromatic rings. The van der Waals surface area contributed by atoms with E-state index < -0.39 is 48.9 Å². The number of carbonyl (C=O) groups is 3. The highest BCUT2D eigenvalue weighted by atomic mass is 19.4. The topological polar surface area (TPSA) is 119 Å². The first-order valence-corrected chi connectivity index (χ1v) is 12.9. The van der Waals surface area contributed by atoms with E-state index in [1.807, 2.05) is 18.9 Å². The molecule has 12 heteroatoms. The van der Waals surface area contributed by atoms with E-state index in [9.17, 15) is 32.7 Å². The Morgan fingerprint density at radius 3 is 2.48 bits per heavy atom. The van der Waals surface area contributed by atoms with Gasteiger partial charge in [0.2, 0.25) is 5.91 Å². The summed E-state index contributed by atoms with van der Waals surface area (Å²) in [5.74, 6) is -2.50. The van der Waals surface area contributed by atoms with Crippen LogP contribution in [0, 0.1) is 5.92 Å². The summed E-state index contributed by atoms with van der Waals surface area (Å²) in [6, 6.07) is 10.4. The first-order valence-electron chi connectivity index (χ1n) is 12.9. The molecule has 0 fully saturated rings. The number of hydrogen-bond donors (Lipinski definition) is 3. The quantitative estimate of drug-likeness (QED) is 0.398. The molecule has 9 nitrogen and oxygen atoms in total. The van der Waals surface area contributed by atoms with Gasteiger partial charge in [-0.15, -0.1) is 0 Å². The van der Waals surface area contributed by atoms with Crippen LogP contribution in [0.2, 0.25) is 0 Å². The Bertz CT molecular complexity index is 1200. The van der Waals surface area contributed by atoms with E-state index in [0.717, 1.165) is 5.56 Å². The zero-order valence-corrected chi connectivity index (χ0v) is 22.6. The molecule has 1 aliphatic rings. The summed E-state index contributed by atoms with van der Waals surface area (Å²) >= 11 is 0. The van der Waals surface area contributed by atoms with E-state index in [1.165, 1.54) is 35.2 Å². The number of carbonyl (C=O) groups excluding carboxylic acids is 2. The van der Waals surface area contributed by atoms with Crippen molar-refractivity contribution in [3.63, 3.8) is 0 Å². The summed E-state index contributed by atoms with van der Waals surface area (Å²) < 4.78 is 44.3. The normalized spacial score (nSPS) is 18.4. The van der Waals surface area contributed by atoms with Crippen LogP contribution in [-0.4, -0.2) is 82.9 Å². The molecule has 0 radical (unpaired) electrons. The number of anilines is 1. The largest absolute Gasteiger partial charge is 0.486 e. The first kappa shape index (κ1) is 30.9. The fraction of sp³-hybridized carbons (Fsp3) is 0.464. The molecule has 0 bridgehead atoms. The molecule has 0 saturated heterocycles. The first-order chi connectivity index (χ1) is 18.8. The van der Waals surface area contributed by atoms with Crippen LogP contribution < -0.4 is 10.1 Å². The molecule has 0 spiro atoms. The molecule has 3 N–H and O–H groups in total. The highest BCUT2D eigenvalue weighted by Gasteiger charge is 2.35. The highest BCUT2D eigenvalue weighted by molar-refractivity contribution is 6.01. The monoisotopic (exact) mass is 565 g/mol. The predicted octanol–water partition coefficient (Wildman–Crippen LogP) is 4.02. The van der Waals surface area contributed by atoms with Crippen molar-refractivity contribution in [2.45, 2.75) is 51.6 Å². The van der Waals surface area contributed by atoms with Gasteiger partial charge in [0.15, 0.2) is 5.75 Å². The lowest BCUT2D eigenvalue weighted by atomic mass is 9.98. The molecule has 218 valence electrons. The van der Waals surface area contributed by atoms with Crippen LogP contribution in [0.5, 0.6) is 5.75 Å². The number of aliphatic hydroxyl groups excluding tert-OH is 1. The maximum atomic E-state index is 13.5. The summed E-state index contributed by atoms with van der Waals surface area (Å²) in [4.78, 5) is 40.5. The number of nitrogens with one attached hydrogen (secondary N) is 1. The van der Waals surface area contributed by atoms with E-state index in [2.05, 4.69) is 5.32 Å². The van der Waals surface area contributed by atoms with Gasteiger partial charge in [-0.25, -0.2) is 4.79 Å². The number of hydrogen-bond acceptors (Lipinski definition) is 6. The number of aliphatic hydroxyl groups is 1. The van der Waals surface area contributed by atoms with Gasteiger partial charge in [-0.3, -0.25) is 14.5 Å². The zero-order chi connectivity index (χ0) is 29.6. The molecule has 2 amide bonds. The van der Waals surface area contributed by atoms with Gasteiger partial charge in [-0.2, -0.15) is 13.2 Å². The smallest absolute Gasteiger partial charge is 0.389 e. The zero-order valence-electron chi connectivity index (χ0n) is 22.6. The lowest BCUT2D eigenvalue weighted by Gasteiger charge is -2.38. The van der Waals surface area contributed by atoms with Crippen molar-refractivity contribution in [2.75, 3.05) is 32.1 Å². The number of fused-ring (bicyclic) bond motifs is 1. The lowest BCUT2D eigenvalue weighted by molar-refractivity contribution is -0.142. The number of nitrogens with zero attached hydrogens (tertiary/aromatic N) is 2. The SMILES string of the molecule is C[C@H](CO)N1C[C@H](C)[C@@H](CN(C)Cc2ccc(C(=O)O)cc2)Oc2c(NC(=O)CCC(F)(F)F)cccc2C1=O. The van der Waals surface area contributed by atoms with E-state index in [-0.39, 0.29) is 41.6 Å². The molecule has 3 atom stereocenters. The average molecular weight is 566 g/mol. The predicted molar refractivity (Wildman–Crippen MR) is 141 cm³/mol. The molecule has 40 heavy (non-hydrogen) atoms. The van der Waals surface area contributed by atoms with Gasteiger partial charge in [0.1, 0.15) is 6.10 Å². The second-order valence-corrected chi connectivity index (χ2v) is 10.2. The van der Waals surface area contributed by atoms with Crippen molar-refractivity contribution >= 4 is 23.5 Å². The van der Waals surface area contributed by atoms with Crippen molar-refractivity contribution in [3.8, 4) is 5.75 Å². The number of carboxylic acid groups (broad SMARTS) is 1. The van der Waals surface area contributed by atoms with Gasteiger partial charge in [-0.1, -0.05) is 25.1 Å². The van der Waals surface area contributed by atoms with Crippen molar-refractivity contribution in [1.29, 1.82) is 0 Å². The third-order valence-corrected chi connectivity index (χ3v) is 6.75. The van der Waals surface area contributed by atoms with E-state index in [4.69, 9.17) is 9.84 Å². The van der Waals surface area contributed by atoms with Gasteiger partial charge >= 0.3 is 12.1 Å². The maximum Gasteiger partial charge on any atom is 0.389 e. The number of aromatic carboxylic acids is 1. The number of para-hydroxylation sites is 1. The van der Waals surface area contributed by atoms with Gasteiger partial charge in [0.05, 0.1) is 35.9 Å². The third-order valence-electron chi connectivity index (χ3n) is 6.75. The molecular weight excluding hydrogens is 531 g/mol. The van der Waals surface area contributed by atoms with Gasteiger partial charge in [0, 0.05) is 32.0 Å². The van der Waals surface area contributed by atoms with Crippen molar-refractivity contribution < 1.29 is 42.5 Å². The van der Waals surface area contributed by atoms with Crippen molar-refractivity contribution in [1.82, 2.24) is 9.80 Å². The number of alkyl halides is 3. The molecule has 2 aromatic carbocycles. The summed E-state index contributed by atoms with van der Waals surface area (Å²) in [5, 5.41) is 21.4. The van der Waals surface area contributed by atoms with Crippen LogP contribution in [0.4, 0.5) is 18.9 Å². The van der Waals surface area contributed by atoms with Gasteiger partial charge in [0.25, 0.3) is 5.91 Å². The van der Waals surface area contributed by atoms with Crippen LogP contribution in [0.3, 0.4) is 0 Å². The molecule has 1 heterocycles. The van der Waals surface area contributed by atoms with Gasteiger partial charge in [-0.05, 0) is 43.8 Å². The number of ether oxygens (including phenoxy) is 1. The number of carboxylic acids is 1. The summed E-state index contributed by atoms with van der Waals surface area (Å²) in [5.41, 5.74) is 1.25. The summed E-state index contributed by atoms with van der Waals surface area (Å²) in [7, 11) is 1.85. The Balaban J connectivity index is 1.89. The Labute approximate surface area is 230 Å². The molecular formula is C28H34F3N3O6. The maximum absolute atomic E-state index is 13.5. The molecule has 0 saturated carbocycles. The average Bonchev–Trinajstić information content (AvgIpc) is 2.89. The number of benzene rings is 2. The number of amides is 2. The number of halogens is 3. The minimum atomic E-state index is -4.49. The Morgan fingerprint density at radius 2 is 1.88 bits per heavy atom. The highest BCUT2D eigenvalue weighted by Crippen LogP contribution is 2.35. The third kappa shape index (κ3) is 8.18. The molecule has 0 unspecified atom stereocenters. The molecule has 1 aliphatic heterocycles. The second kappa shape index (κ2) is 13.1. The van der Waals surface area contributed by atoms with Gasteiger partial charge < -0.3 is 25.2 Å². The van der Waals surface area contributed by atoms with Crippen molar-refractivity contribution in [2.24, 2.45) is 5.92 Å². The number of likely N-dealkylation sites (N-methyl/N-ethyl adjacent to an activating group) is 1. The molecule has 3 rings (SSSR count). The minimum absolute atomic E-state index is 0.0544. The lowest BCUT2D eigenvalue weighted by Crippen LogP contribution is -2.49. The Morgan fingerprint density at radius 1 is 1.20 bits per heavy atom. The Hall–Kier alpha value is -3.64. The van der Waals surface area contributed by atoms with Crippen LogP contribution in [-0.2, 0) is 11.3 Å². The molecule has 0 aromatic heterocycles. The van der Waals surface area contributed by atoms with E-state index in [1.54, 1.807) is 19.1 Å². The number of rotatable bonds is 10. The van der Waals surface area contributed by atoms with E-state index >= 15 is 0 Å². The van der Waals surface area contributed by atoms with Crippen LogP contribution in [0.25, 0.3) is 0 Å². The standard InChI is InChI=1S/C28H34F3N3O6/c1-17-13-34(18(2)16-35)26(37)21-5-4-6-22(32-24(36)11-12-28(29,30)31)25(21)40-23(17)15-33(3)14-19-7-9-20(10-8-19)27(38)39/h4-10,17-18,23,35H,11-16H2,1-3H3,(H,32,36)(H,38,39)/t17-,18+,23+/m0/s1.